The molecule has 1 unspecified atom stereocenters. The Balaban J connectivity index is 1.48. The minimum absolute atomic E-state index is 0.0423. The first kappa shape index (κ1) is 27.9. The topological polar surface area (TPSA) is 124 Å². The van der Waals surface area contributed by atoms with Crippen LogP contribution >= 0.6 is 0 Å². The number of hydrogen-bond acceptors (Lipinski definition) is 9. The van der Waals surface area contributed by atoms with Crippen LogP contribution in [0.3, 0.4) is 0 Å². The first-order chi connectivity index (χ1) is 19.7. The Kier molecular flexibility index (Phi) is 7.20. The number of carbonyl (C=O) groups is 1. The summed E-state index contributed by atoms with van der Waals surface area (Å²) in [6, 6.07) is 0.717. The van der Waals surface area contributed by atoms with Gasteiger partial charge in [-0.25, -0.2) is 0 Å². The molecule has 4 aliphatic heterocycles. The van der Waals surface area contributed by atoms with Gasteiger partial charge in [-0.05, 0) is 51.3 Å². The second kappa shape index (κ2) is 10.6. The molecule has 2 bridgehead atoms. The third kappa shape index (κ3) is 4.21. The van der Waals surface area contributed by atoms with E-state index in [-0.39, 0.29) is 48.9 Å². The molecule has 0 radical (unpaired) electrons. The zero-order chi connectivity index (χ0) is 29.2. The first-order valence-electron chi connectivity index (χ1n) is 14.7. The highest BCUT2D eigenvalue weighted by atomic mass is 16.7. The number of nitrogens with zero attached hydrogens (tertiary/aromatic N) is 2. The van der Waals surface area contributed by atoms with E-state index in [1.54, 1.807) is 7.11 Å². The number of carbonyl (C=O) groups excluding carboxylic acids is 1. The maximum atomic E-state index is 12.9. The van der Waals surface area contributed by atoms with Crippen LogP contribution in [0.1, 0.15) is 78.1 Å². The number of benzene rings is 2. The highest BCUT2D eigenvalue weighted by molar-refractivity contribution is 5.76. The Bertz CT molecular complexity index is 1380. The van der Waals surface area contributed by atoms with Crippen molar-refractivity contribution in [2.24, 2.45) is 0 Å². The molecule has 1 saturated heterocycles. The maximum Gasteiger partial charge on any atom is 0.231 e. The van der Waals surface area contributed by atoms with Crippen LogP contribution in [0, 0.1) is 13.8 Å². The summed E-state index contributed by atoms with van der Waals surface area (Å²) >= 11 is 0. The number of phenolic OH excluding ortho intramolecular Hbond substituents is 2. The Morgan fingerprint density at radius 1 is 1.10 bits per heavy atom. The summed E-state index contributed by atoms with van der Waals surface area (Å²) in [4.78, 5) is 17.1. The Labute approximate surface area is 240 Å². The molecule has 10 nitrogen and oxygen atoms in total. The molecule has 0 aliphatic carbocycles. The van der Waals surface area contributed by atoms with Crippen LogP contribution < -0.4 is 19.5 Å². The molecule has 1 amide bonds. The standard InChI is InChI=1S/C31H41N3O7/c1-6-7-8-9-22(35)32-13-21-24-18(26(36)16(3)29-30(24)41-14-40-29)12-19-25-23-17(10-15(2)28(39-5)27(23)37)11-20(33(25)4)31(38)34(19)21/h10,19-21,25,31,36-38H,6-9,11-14H2,1-5H3,(H,32,35)/t19?,20-,21-,25-,31-/m0/s1. The number of aliphatic hydroxyl groups is 1. The van der Waals surface area contributed by atoms with Gasteiger partial charge in [0.15, 0.2) is 23.0 Å². The Morgan fingerprint density at radius 2 is 1.85 bits per heavy atom. The van der Waals surface area contributed by atoms with Crippen molar-refractivity contribution in [1.82, 2.24) is 15.1 Å². The van der Waals surface area contributed by atoms with E-state index < -0.39 is 12.3 Å². The van der Waals surface area contributed by atoms with Crippen LogP contribution in [0.2, 0.25) is 0 Å². The van der Waals surface area contributed by atoms with Crippen LogP contribution in [0.4, 0.5) is 0 Å². The van der Waals surface area contributed by atoms with E-state index in [1.165, 1.54) is 0 Å². The number of aromatic hydroxyl groups is 2. The number of amides is 1. The SMILES string of the molecule is CCCCCC(=O)NC[C@H]1c2c(c(O)c(C)c3c2OCO3)CC2[C@H]3c4c(cc(C)c(OC)c4O)C[C@@H]([C@H](O)N21)N3C. The van der Waals surface area contributed by atoms with Crippen molar-refractivity contribution >= 4 is 5.91 Å². The lowest BCUT2D eigenvalue weighted by molar-refractivity contribution is -0.172. The van der Waals surface area contributed by atoms with Crippen molar-refractivity contribution in [2.45, 2.75) is 89.7 Å². The van der Waals surface area contributed by atoms with Crippen LogP contribution in [-0.4, -0.2) is 76.8 Å². The zero-order valence-corrected chi connectivity index (χ0v) is 24.5. The van der Waals surface area contributed by atoms with Gasteiger partial charge in [-0.1, -0.05) is 25.8 Å². The van der Waals surface area contributed by atoms with Gasteiger partial charge in [0.2, 0.25) is 12.7 Å². The molecular weight excluding hydrogens is 526 g/mol. The number of methoxy groups -OCH3 is 1. The second-order valence-electron chi connectivity index (χ2n) is 11.9. The molecule has 0 spiro atoms. The predicted octanol–water partition coefficient (Wildman–Crippen LogP) is 3.35. The van der Waals surface area contributed by atoms with Crippen LogP contribution in [-0.2, 0) is 17.6 Å². The number of fused-ring (bicyclic) bond motifs is 9. The second-order valence-corrected chi connectivity index (χ2v) is 11.9. The van der Waals surface area contributed by atoms with Gasteiger partial charge in [-0.15, -0.1) is 0 Å². The average molecular weight is 568 g/mol. The molecule has 2 aromatic rings. The summed E-state index contributed by atoms with van der Waals surface area (Å²) in [6.07, 6.45) is 3.36. The number of nitrogens with one attached hydrogen (secondary N) is 1. The molecule has 1 fully saturated rings. The number of hydrogen-bond donors (Lipinski definition) is 4. The smallest absolute Gasteiger partial charge is 0.231 e. The lowest BCUT2D eigenvalue weighted by Crippen LogP contribution is -2.69. The third-order valence-corrected chi connectivity index (χ3v) is 9.62. The van der Waals surface area contributed by atoms with Crippen LogP contribution in [0.15, 0.2) is 6.07 Å². The number of unbranched alkanes of at least 4 members (excludes halogenated alkanes) is 2. The molecule has 6 rings (SSSR count). The van der Waals surface area contributed by atoms with E-state index in [0.29, 0.717) is 42.1 Å². The number of likely N-dealkylation sites (N-methyl/N-ethyl adjacent to an activating group) is 1. The van der Waals surface area contributed by atoms with E-state index in [9.17, 15) is 20.1 Å². The van der Waals surface area contributed by atoms with Gasteiger partial charge < -0.3 is 34.8 Å². The number of aliphatic hydroxyl groups excluding tert-OH is 1. The maximum absolute atomic E-state index is 12.9. The molecule has 222 valence electrons. The largest absolute Gasteiger partial charge is 0.507 e. The molecule has 4 aliphatic rings. The van der Waals surface area contributed by atoms with E-state index in [4.69, 9.17) is 14.2 Å². The number of aryl methyl sites for hydroxylation is 1. The van der Waals surface area contributed by atoms with Gasteiger partial charge in [0.25, 0.3) is 0 Å². The highest BCUT2D eigenvalue weighted by Gasteiger charge is 2.56. The molecular formula is C31H41N3O7. The molecule has 4 heterocycles. The zero-order valence-electron chi connectivity index (χ0n) is 24.5. The van der Waals surface area contributed by atoms with Crippen molar-refractivity contribution in [3.05, 3.63) is 39.4 Å². The van der Waals surface area contributed by atoms with Crippen molar-refractivity contribution in [3.63, 3.8) is 0 Å². The molecule has 4 N–H and O–H groups in total. The minimum Gasteiger partial charge on any atom is -0.507 e. The van der Waals surface area contributed by atoms with E-state index in [1.807, 2.05) is 27.0 Å². The Morgan fingerprint density at radius 3 is 2.59 bits per heavy atom. The highest BCUT2D eigenvalue weighted by Crippen LogP contribution is 2.57. The van der Waals surface area contributed by atoms with Crippen LogP contribution in [0.25, 0.3) is 0 Å². The normalized spacial score (nSPS) is 26.2. The van der Waals surface area contributed by atoms with Gasteiger partial charge >= 0.3 is 0 Å². The number of piperazine rings is 1. The Hall–Kier alpha value is -3.21. The van der Waals surface area contributed by atoms with Gasteiger partial charge in [0.05, 0.1) is 25.2 Å². The van der Waals surface area contributed by atoms with Gasteiger partial charge in [0.1, 0.15) is 12.0 Å². The van der Waals surface area contributed by atoms with E-state index in [2.05, 4.69) is 22.0 Å². The molecule has 41 heavy (non-hydrogen) atoms. The molecule has 2 aromatic carbocycles. The average Bonchev–Trinajstić information content (AvgIpc) is 3.43. The van der Waals surface area contributed by atoms with Gasteiger partial charge in [-0.3, -0.25) is 14.6 Å². The summed E-state index contributed by atoms with van der Waals surface area (Å²) in [5, 5.41) is 38.1. The minimum atomic E-state index is -0.865. The van der Waals surface area contributed by atoms with Gasteiger partial charge in [-0.2, -0.15) is 0 Å². The molecule has 0 saturated carbocycles. The quantitative estimate of drug-likeness (QED) is 0.373. The summed E-state index contributed by atoms with van der Waals surface area (Å²) in [5.74, 6) is 1.74. The fraction of sp³-hybridized carbons (Fsp3) is 0.581. The van der Waals surface area contributed by atoms with Crippen molar-refractivity contribution < 1.29 is 34.3 Å². The summed E-state index contributed by atoms with van der Waals surface area (Å²) in [6.45, 7) is 6.11. The molecule has 10 heteroatoms. The van der Waals surface area contributed by atoms with E-state index >= 15 is 0 Å². The van der Waals surface area contributed by atoms with E-state index in [0.717, 1.165) is 47.1 Å². The van der Waals surface area contributed by atoms with Crippen LogP contribution in [0.5, 0.6) is 28.7 Å². The lowest BCUT2D eigenvalue weighted by Gasteiger charge is -2.60. The fourth-order valence-corrected chi connectivity index (χ4v) is 7.69. The molecule has 5 atom stereocenters. The summed E-state index contributed by atoms with van der Waals surface area (Å²) in [5.41, 5.74) is 4.71. The number of ether oxygens (including phenoxy) is 3. The lowest BCUT2D eigenvalue weighted by atomic mass is 9.73. The van der Waals surface area contributed by atoms with Crippen molar-refractivity contribution in [3.8, 4) is 28.7 Å². The summed E-state index contributed by atoms with van der Waals surface area (Å²) in [7, 11) is 3.54. The third-order valence-electron chi connectivity index (χ3n) is 9.62. The number of rotatable bonds is 7. The van der Waals surface area contributed by atoms with Crippen molar-refractivity contribution in [2.75, 3.05) is 27.5 Å². The monoisotopic (exact) mass is 567 g/mol. The predicted molar refractivity (Wildman–Crippen MR) is 152 cm³/mol. The summed E-state index contributed by atoms with van der Waals surface area (Å²) < 4.78 is 17.3. The molecule has 0 aromatic heterocycles. The van der Waals surface area contributed by atoms with Gasteiger partial charge in [0, 0.05) is 41.3 Å². The first-order valence-corrected chi connectivity index (χ1v) is 14.7. The number of phenols is 2. The fourth-order valence-electron chi connectivity index (χ4n) is 7.69. The van der Waals surface area contributed by atoms with Crippen molar-refractivity contribution in [1.29, 1.82) is 0 Å².